The van der Waals surface area contributed by atoms with Crippen molar-refractivity contribution in [1.82, 2.24) is 4.98 Å². The molecule has 1 unspecified atom stereocenters. The van der Waals surface area contributed by atoms with E-state index in [2.05, 4.69) is 34.7 Å². The summed E-state index contributed by atoms with van der Waals surface area (Å²) in [6.07, 6.45) is 0. The molecule has 3 aromatic carbocycles. The van der Waals surface area contributed by atoms with Gasteiger partial charge in [0.05, 0.1) is 10.9 Å². The topological polar surface area (TPSA) is 71.1 Å². The Balaban J connectivity index is 1.34. The van der Waals surface area contributed by atoms with E-state index >= 15 is 0 Å². The average molecular weight is 502 g/mol. The molecule has 178 valence electrons. The van der Waals surface area contributed by atoms with Crippen molar-refractivity contribution < 1.29 is 9.59 Å². The van der Waals surface area contributed by atoms with E-state index in [0.717, 1.165) is 26.6 Å². The monoisotopic (exact) mass is 501 g/mol. The Hall–Kier alpha value is -3.42. The van der Waals surface area contributed by atoms with Gasteiger partial charge in [0.15, 0.2) is 5.13 Å². The first-order chi connectivity index (χ1) is 16.8. The molecule has 0 aliphatic carbocycles. The molecule has 0 aliphatic heterocycles. The minimum absolute atomic E-state index is 0.101. The van der Waals surface area contributed by atoms with Crippen molar-refractivity contribution in [3.05, 3.63) is 94.4 Å². The van der Waals surface area contributed by atoms with E-state index in [1.54, 1.807) is 0 Å². The summed E-state index contributed by atoms with van der Waals surface area (Å²) in [5.74, 6) is -0.252. The van der Waals surface area contributed by atoms with Gasteiger partial charge in [0, 0.05) is 26.6 Å². The fraction of sp³-hybridized carbons (Fsp3) is 0.179. The maximum absolute atomic E-state index is 12.8. The molecule has 2 amide bonds. The van der Waals surface area contributed by atoms with Gasteiger partial charge in [0.25, 0.3) is 5.91 Å². The molecule has 0 saturated carbocycles. The second kappa shape index (κ2) is 10.9. The molecule has 1 aromatic heterocycles. The molecular formula is C28H27N3O2S2. The molecule has 4 aromatic rings. The maximum atomic E-state index is 12.8. The summed E-state index contributed by atoms with van der Waals surface area (Å²) >= 11 is 2.94. The van der Waals surface area contributed by atoms with Crippen LogP contribution >= 0.6 is 23.1 Å². The van der Waals surface area contributed by atoms with Crippen molar-refractivity contribution in [1.29, 1.82) is 0 Å². The molecular weight excluding hydrogens is 474 g/mol. The van der Waals surface area contributed by atoms with E-state index < -0.39 is 0 Å². The number of nitrogens with one attached hydrogen (secondary N) is 2. The number of thioether (sulfide) groups is 1. The smallest absolute Gasteiger partial charge is 0.255 e. The average Bonchev–Trinajstić information content (AvgIpc) is 3.20. The first-order valence-corrected chi connectivity index (χ1v) is 13.0. The number of anilines is 2. The Morgan fingerprint density at radius 2 is 1.43 bits per heavy atom. The molecule has 1 heterocycles. The number of aromatic nitrogens is 1. The zero-order valence-electron chi connectivity index (χ0n) is 20.1. The zero-order chi connectivity index (χ0) is 24.9. The Bertz CT molecular complexity index is 1330. The van der Waals surface area contributed by atoms with Gasteiger partial charge >= 0.3 is 0 Å². The quantitative estimate of drug-likeness (QED) is 0.265. The van der Waals surface area contributed by atoms with E-state index in [-0.39, 0.29) is 17.1 Å². The van der Waals surface area contributed by atoms with Crippen LogP contribution in [-0.4, -0.2) is 22.0 Å². The molecule has 0 aliphatic rings. The van der Waals surface area contributed by atoms with Crippen molar-refractivity contribution >= 4 is 45.7 Å². The van der Waals surface area contributed by atoms with Crippen LogP contribution < -0.4 is 10.6 Å². The predicted molar refractivity (Wildman–Crippen MR) is 147 cm³/mol. The highest BCUT2D eigenvalue weighted by Crippen LogP contribution is 2.32. The van der Waals surface area contributed by atoms with Crippen LogP contribution in [0.2, 0.25) is 0 Å². The number of carbonyl (C=O) groups excluding carboxylic acids is 2. The van der Waals surface area contributed by atoms with Crippen LogP contribution in [0, 0.1) is 20.8 Å². The molecule has 0 radical (unpaired) electrons. The Labute approximate surface area is 214 Å². The lowest BCUT2D eigenvalue weighted by Crippen LogP contribution is -2.22. The summed E-state index contributed by atoms with van der Waals surface area (Å²) in [6, 6.07) is 23.2. The zero-order valence-corrected chi connectivity index (χ0v) is 21.7. The molecule has 0 spiro atoms. The largest absolute Gasteiger partial charge is 0.322 e. The van der Waals surface area contributed by atoms with Crippen molar-refractivity contribution in [2.45, 2.75) is 37.8 Å². The van der Waals surface area contributed by atoms with E-state index in [9.17, 15) is 9.59 Å². The van der Waals surface area contributed by atoms with Gasteiger partial charge in [-0.3, -0.25) is 9.59 Å². The summed E-state index contributed by atoms with van der Waals surface area (Å²) in [4.78, 5) is 31.8. The van der Waals surface area contributed by atoms with Crippen molar-refractivity contribution in [3.63, 3.8) is 0 Å². The van der Waals surface area contributed by atoms with Gasteiger partial charge in [-0.2, -0.15) is 0 Å². The third-order valence-electron chi connectivity index (χ3n) is 5.46. The normalized spacial score (nSPS) is 11.7. The summed E-state index contributed by atoms with van der Waals surface area (Å²) < 4.78 is 0. The number of benzene rings is 3. The van der Waals surface area contributed by atoms with Crippen LogP contribution in [0.15, 0.2) is 77.7 Å². The molecule has 35 heavy (non-hydrogen) atoms. The lowest BCUT2D eigenvalue weighted by Gasteiger charge is -2.11. The van der Waals surface area contributed by atoms with Crippen LogP contribution in [-0.2, 0) is 4.79 Å². The van der Waals surface area contributed by atoms with Gasteiger partial charge < -0.3 is 10.6 Å². The van der Waals surface area contributed by atoms with Crippen molar-refractivity contribution in [2.24, 2.45) is 0 Å². The third-order valence-corrected chi connectivity index (χ3v) is 7.46. The molecule has 7 heteroatoms. The molecule has 5 nitrogen and oxygen atoms in total. The number of hydrogen-bond acceptors (Lipinski definition) is 5. The number of nitrogens with zero attached hydrogens (tertiary/aromatic N) is 1. The fourth-order valence-corrected chi connectivity index (χ4v) is 5.13. The first-order valence-electron chi connectivity index (χ1n) is 11.3. The second-order valence-electron chi connectivity index (χ2n) is 8.38. The number of hydrogen-bond donors (Lipinski definition) is 2. The van der Waals surface area contributed by atoms with Gasteiger partial charge in [-0.1, -0.05) is 47.5 Å². The Kier molecular flexibility index (Phi) is 7.68. The Morgan fingerprint density at radius 1 is 0.829 bits per heavy atom. The van der Waals surface area contributed by atoms with E-state index in [1.165, 1.54) is 28.7 Å². The molecule has 4 rings (SSSR count). The summed E-state index contributed by atoms with van der Waals surface area (Å²) in [5, 5.41) is 6.15. The molecule has 2 N–H and O–H groups in total. The Morgan fingerprint density at radius 3 is 2.06 bits per heavy atom. The SMILES string of the molecule is Cc1ccc(C(=O)Nc2ccc(SC(C)C(=O)Nc3nc(-c4ccc(C)cc4)c(C)s3)cc2)cc1. The number of amides is 2. The van der Waals surface area contributed by atoms with Crippen LogP contribution in [0.5, 0.6) is 0 Å². The highest BCUT2D eigenvalue weighted by Gasteiger charge is 2.18. The molecule has 1 atom stereocenters. The number of aryl methyl sites for hydroxylation is 3. The summed E-state index contributed by atoms with van der Waals surface area (Å²) in [6.45, 7) is 7.92. The van der Waals surface area contributed by atoms with Crippen LogP contribution in [0.3, 0.4) is 0 Å². The third kappa shape index (κ3) is 6.38. The number of thiazole rings is 1. The highest BCUT2D eigenvalue weighted by atomic mass is 32.2. The molecule has 0 saturated heterocycles. The van der Waals surface area contributed by atoms with E-state index in [4.69, 9.17) is 0 Å². The van der Waals surface area contributed by atoms with Crippen LogP contribution in [0.1, 0.15) is 33.3 Å². The summed E-state index contributed by atoms with van der Waals surface area (Å²) in [7, 11) is 0. The fourth-order valence-electron chi connectivity index (χ4n) is 3.42. The first kappa shape index (κ1) is 24.7. The van der Waals surface area contributed by atoms with E-state index in [0.29, 0.717) is 16.4 Å². The van der Waals surface area contributed by atoms with Crippen molar-refractivity contribution in [2.75, 3.05) is 10.6 Å². The lowest BCUT2D eigenvalue weighted by atomic mass is 10.1. The van der Waals surface area contributed by atoms with Gasteiger partial charge in [-0.05, 0) is 64.1 Å². The molecule has 0 fully saturated rings. The second-order valence-corrected chi connectivity index (χ2v) is 11.0. The highest BCUT2D eigenvalue weighted by molar-refractivity contribution is 8.00. The van der Waals surface area contributed by atoms with Gasteiger partial charge in [-0.15, -0.1) is 23.1 Å². The number of rotatable bonds is 7. The molecule has 0 bridgehead atoms. The predicted octanol–water partition coefficient (Wildman–Crippen LogP) is 7.11. The minimum atomic E-state index is -0.310. The van der Waals surface area contributed by atoms with Gasteiger partial charge in [0.2, 0.25) is 5.91 Å². The van der Waals surface area contributed by atoms with Crippen LogP contribution in [0.4, 0.5) is 10.8 Å². The lowest BCUT2D eigenvalue weighted by molar-refractivity contribution is -0.115. The maximum Gasteiger partial charge on any atom is 0.255 e. The standard InChI is InChI=1S/C28H27N3O2S2/c1-17-5-9-21(10-6-17)25-19(3)35-28(30-25)31-26(32)20(4)34-24-15-13-23(14-16-24)29-27(33)22-11-7-18(2)8-12-22/h5-16,20H,1-4H3,(H,29,33)(H,30,31,32). The minimum Gasteiger partial charge on any atom is -0.322 e. The van der Waals surface area contributed by atoms with Crippen LogP contribution in [0.25, 0.3) is 11.3 Å². The van der Waals surface area contributed by atoms with Gasteiger partial charge in [0.1, 0.15) is 0 Å². The van der Waals surface area contributed by atoms with Crippen molar-refractivity contribution in [3.8, 4) is 11.3 Å². The number of carbonyl (C=O) groups is 2. The van der Waals surface area contributed by atoms with E-state index in [1.807, 2.05) is 81.4 Å². The van der Waals surface area contributed by atoms with Gasteiger partial charge in [-0.25, -0.2) is 4.98 Å². The summed E-state index contributed by atoms with van der Waals surface area (Å²) in [5.41, 5.74) is 5.57.